The van der Waals surface area contributed by atoms with Gasteiger partial charge in [-0.25, -0.2) is 4.79 Å². The average molecular weight is 344 g/mol. The topological polar surface area (TPSA) is 59.6 Å². The summed E-state index contributed by atoms with van der Waals surface area (Å²) in [6.07, 6.45) is -0.177. The van der Waals surface area contributed by atoms with Crippen LogP contribution in [0.25, 0.3) is 0 Å². The predicted molar refractivity (Wildman–Crippen MR) is 94.9 cm³/mol. The van der Waals surface area contributed by atoms with Gasteiger partial charge in [0.05, 0.1) is 6.54 Å². The van der Waals surface area contributed by atoms with Crippen LogP contribution in [-0.2, 0) is 0 Å². The molecule has 0 saturated heterocycles. The van der Waals surface area contributed by atoms with E-state index in [1.165, 1.54) is 4.90 Å². The lowest BCUT2D eigenvalue weighted by Crippen LogP contribution is -2.44. The fourth-order valence-corrected chi connectivity index (χ4v) is 3.07. The fraction of sp³-hybridized carbons (Fsp3) is 0.278. The lowest BCUT2D eigenvalue weighted by atomic mass is 10.2. The Labute approximate surface area is 145 Å². The maximum Gasteiger partial charge on any atom is 0.314 e. The van der Waals surface area contributed by atoms with E-state index in [2.05, 4.69) is 22.8 Å². The van der Waals surface area contributed by atoms with Crippen molar-refractivity contribution in [2.24, 2.45) is 0 Å². The monoisotopic (exact) mass is 344 g/mol. The highest BCUT2D eigenvalue weighted by molar-refractivity contribution is 7.99. The standard InChI is InChI=1S/C18H20N2O3S/c21-18(19-10-11-24-15-6-2-1-3-7-15)20-12-14-13-22-16-8-4-5-9-17(16)23-14/h1-9,14H,10-13H2,(H2,19,20,21). The van der Waals surface area contributed by atoms with Crippen molar-refractivity contribution in [2.75, 3.05) is 25.4 Å². The maximum absolute atomic E-state index is 11.8. The van der Waals surface area contributed by atoms with Gasteiger partial charge in [-0.15, -0.1) is 11.8 Å². The van der Waals surface area contributed by atoms with Crippen molar-refractivity contribution in [3.8, 4) is 11.5 Å². The minimum absolute atomic E-state index is 0.177. The second kappa shape index (κ2) is 8.49. The second-order valence-corrected chi connectivity index (χ2v) is 6.46. The molecule has 0 saturated carbocycles. The van der Waals surface area contributed by atoms with Gasteiger partial charge in [-0.2, -0.15) is 0 Å². The van der Waals surface area contributed by atoms with Crippen molar-refractivity contribution in [3.63, 3.8) is 0 Å². The number of ether oxygens (including phenoxy) is 2. The van der Waals surface area contributed by atoms with Crippen LogP contribution in [0, 0.1) is 0 Å². The third-order valence-electron chi connectivity index (χ3n) is 3.46. The average Bonchev–Trinajstić information content (AvgIpc) is 2.64. The SMILES string of the molecule is O=C(NCCSc1ccccc1)NCC1COc2ccccc2O1. The molecule has 6 heteroatoms. The van der Waals surface area contributed by atoms with Crippen molar-refractivity contribution < 1.29 is 14.3 Å². The molecule has 126 valence electrons. The van der Waals surface area contributed by atoms with Gasteiger partial charge in [-0.1, -0.05) is 30.3 Å². The minimum Gasteiger partial charge on any atom is -0.486 e. The Kier molecular flexibility index (Phi) is 5.85. The summed E-state index contributed by atoms with van der Waals surface area (Å²) in [7, 11) is 0. The Hall–Kier alpha value is -2.34. The molecule has 1 aliphatic heterocycles. The molecule has 5 nitrogen and oxygen atoms in total. The molecule has 1 unspecified atom stereocenters. The molecule has 2 aromatic rings. The number of para-hydroxylation sites is 2. The number of benzene rings is 2. The van der Waals surface area contributed by atoms with Gasteiger partial charge in [0.2, 0.25) is 0 Å². The molecule has 0 radical (unpaired) electrons. The van der Waals surface area contributed by atoms with E-state index in [0.29, 0.717) is 19.7 Å². The van der Waals surface area contributed by atoms with Crippen molar-refractivity contribution >= 4 is 17.8 Å². The first-order valence-electron chi connectivity index (χ1n) is 7.89. The molecular formula is C18H20N2O3S. The van der Waals surface area contributed by atoms with Gasteiger partial charge in [0.25, 0.3) is 0 Å². The van der Waals surface area contributed by atoms with E-state index in [4.69, 9.17) is 9.47 Å². The number of carbonyl (C=O) groups excluding carboxylic acids is 1. The highest BCUT2D eigenvalue weighted by atomic mass is 32.2. The molecule has 0 bridgehead atoms. The number of urea groups is 1. The number of thioether (sulfide) groups is 1. The van der Waals surface area contributed by atoms with Gasteiger partial charge in [-0.3, -0.25) is 0 Å². The zero-order chi connectivity index (χ0) is 16.6. The zero-order valence-corrected chi connectivity index (χ0v) is 14.1. The number of fused-ring (bicyclic) bond motifs is 1. The number of amides is 2. The normalized spacial score (nSPS) is 15.6. The number of hydrogen-bond acceptors (Lipinski definition) is 4. The molecule has 3 rings (SSSR count). The first kappa shape index (κ1) is 16.5. The van der Waals surface area contributed by atoms with E-state index in [1.54, 1.807) is 11.8 Å². The fourth-order valence-electron chi connectivity index (χ4n) is 2.28. The summed E-state index contributed by atoms with van der Waals surface area (Å²) in [5, 5.41) is 5.66. The Morgan fingerprint density at radius 1 is 1.04 bits per heavy atom. The van der Waals surface area contributed by atoms with Gasteiger partial charge in [0.1, 0.15) is 6.61 Å². The van der Waals surface area contributed by atoms with Crippen molar-refractivity contribution in [2.45, 2.75) is 11.0 Å². The molecule has 1 heterocycles. The molecule has 1 aliphatic rings. The molecule has 0 fully saturated rings. The summed E-state index contributed by atoms with van der Waals surface area (Å²) < 4.78 is 11.4. The summed E-state index contributed by atoms with van der Waals surface area (Å²) in [6, 6.07) is 17.5. The van der Waals surface area contributed by atoms with Crippen LogP contribution >= 0.6 is 11.8 Å². The smallest absolute Gasteiger partial charge is 0.314 e. The molecule has 0 aliphatic carbocycles. The quantitative estimate of drug-likeness (QED) is 0.625. The first-order chi connectivity index (χ1) is 11.8. The number of nitrogens with one attached hydrogen (secondary N) is 2. The summed E-state index contributed by atoms with van der Waals surface area (Å²) in [5.41, 5.74) is 0. The zero-order valence-electron chi connectivity index (χ0n) is 13.2. The Morgan fingerprint density at radius 2 is 1.79 bits per heavy atom. The van der Waals surface area contributed by atoms with Crippen molar-refractivity contribution in [3.05, 3.63) is 54.6 Å². The number of hydrogen-bond donors (Lipinski definition) is 2. The van der Waals surface area contributed by atoms with Gasteiger partial charge in [-0.05, 0) is 24.3 Å². The van der Waals surface area contributed by atoms with E-state index in [0.717, 1.165) is 17.3 Å². The largest absolute Gasteiger partial charge is 0.486 e. The molecule has 0 spiro atoms. The van der Waals surface area contributed by atoms with Crippen LogP contribution in [0.4, 0.5) is 4.79 Å². The molecule has 1 atom stereocenters. The van der Waals surface area contributed by atoms with E-state index >= 15 is 0 Å². The summed E-state index contributed by atoms with van der Waals surface area (Å²) in [4.78, 5) is 13.0. The van der Waals surface area contributed by atoms with E-state index in [1.807, 2.05) is 42.5 Å². The van der Waals surface area contributed by atoms with Crippen molar-refractivity contribution in [1.29, 1.82) is 0 Å². The first-order valence-corrected chi connectivity index (χ1v) is 8.88. The molecule has 2 N–H and O–H groups in total. The minimum atomic E-state index is -0.189. The van der Waals surface area contributed by atoms with Crippen LogP contribution in [0.1, 0.15) is 0 Å². The van der Waals surface area contributed by atoms with Crippen LogP contribution in [0.15, 0.2) is 59.5 Å². The number of carbonyl (C=O) groups is 1. The Morgan fingerprint density at radius 3 is 2.62 bits per heavy atom. The summed E-state index contributed by atoms with van der Waals surface area (Å²) in [6.45, 7) is 1.45. The summed E-state index contributed by atoms with van der Waals surface area (Å²) in [5.74, 6) is 2.29. The number of rotatable bonds is 6. The van der Waals surface area contributed by atoms with Crippen molar-refractivity contribution in [1.82, 2.24) is 10.6 Å². The Bertz CT molecular complexity index is 666. The van der Waals surface area contributed by atoms with Gasteiger partial charge in [0, 0.05) is 17.2 Å². The summed E-state index contributed by atoms with van der Waals surface area (Å²) >= 11 is 1.71. The third kappa shape index (κ3) is 4.83. The second-order valence-electron chi connectivity index (χ2n) is 5.30. The lowest BCUT2D eigenvalue weighted by Gasteiger charge is -2.26. The van der Waals surface area contributed by atoms with E-state index in [9.17, 15) is 4.79 Å². The molecule has 0 aromatic heterocycles. The lowest BCUT2D eigenvalue weighted by molar-refractivity contribution is 0.0918. The van der Waals surface area contributed by atoms with E-state index < -0.39 is 0 Å². The highest BCUT2D eigenvalue weighted by Crippen LogP contribution is 2.30. The van der Waals surface area contributed by atoms with Crippen LogP contribution in [0.2, 0.25) is 0 Å². The van der Waals surface area contributed by atoms with Crippen LogP contribution in [0.3, 0.4) is 0 Å². The van der Waals surface area contributed by atoms with E-state index in [-0.39, 0.29) is 12.1 Å². The highest BCUT2D eigenvalue weighted by Gasteiger charge is 2.20. The predicted octanol–water partition coefficient (Wildman–Crippen LogP) is 2.92. The van der Waals surface area contributed by atoms with Gasteiger partial charge < -0.3 is 20.1 Å². The molecule has 2 amide bonds. The van der Waals surface area contributed by atoms with Gasteiger partial charge >= 0.3 is 6.03 Å². The van der Waals surface area contributed by atoms with Crippen LogP contribution in [0.5, 0.6) is 11.5 Å². The molecule has 24 heavy (non-hydrogen) atoms. The third-order valence-corrected chi connectivity index (χ3v) is 4.47. The van der Waals surface area contributed by atoms with Crippen LogP contribution in [-0.4, -0.2) is 37.6 Å². The van der Waals surface area contributed by atoms with Crippen LogP contribution < -0.4 is 20.1 Å². The maximum atomic E-state index is 11.8. The van der Waals surface area contributed by atoms with Gasteiger partial charge in [0.15, 0.2) is 17.6 Å². The molecule has 2 aromatic carbocycles. The Balaban J connectivity index is 1.32. The molecular weight excluding hydrogens is 324 g/mol.